The number of nitrogens with zero attached hydrogens (tertiary/aromatic N) is 2. The molecule has 38 heavy (non-hydrogen) atoms. The lowest BCUT2D eigenvalue weighted by Gasteiger charge is -2.25. The molecule has 2 N–H and O–H groups in total. The smallest absolute Gasteiger partial charge is 0.264 e. The Morgan fingerprint density at radius 2 is 1.63 bits per heavy atom. The summed E-state index contributed by atoms with van der Waals surface area (Å²) < 4.78 is 28.2. The summed E-state index contributed by atoms with van der Waals surface area (Å²) in [6.07, 6.45) is 3.28. The first-order valence-electron chi connectivity index (χ1n) is 11.7. The predicted octanol–water partition coefficient (Wildman–Crippen LogP) is 4.81. The van der Waals surface area contributed by atoms with Crippen LogP contribution in [0.1, 0.15) is 21.5 Å². The van der Waals surface area contributed by atoms with Crippen LogP contribution in [0, 0.1) is 6.92 Å². The second-order valence-electron chi connectivity index (χ2n) is 8.41. The van der Waals surface area contributed by atoms with Crippen molar-refractivity contribution in [2.45, 2.75) is 18.4 Å². The average molecular weight is 549 g/mol. The number of nitrogens with one attached hydrogen (secondary N) is 2. The number of carbonyl (C=O) groups is 2. The molecule has 0 aliphatic rings. The Kier molecular flexibility index (Phi) is 8.40. The summed E-state index contributed by atoms with van der Waals surface area (Å²) in [5, 5.41) is 5.65. The van der Waals surface area contributed by atoms with E-state index in [1.165, 1.54) is 18.2 Å². The van der Waals surface area contributed by atoms with Crippen LogP contribution in [0.2, 0.25) is 5.02 Å². The molecule has 0 unspecified atom stereocenters. The molecule has 4 rings (SSSR count). The fraction of sp³-hybridized carbons (Fsp3) is 0.107. The van der Waals surface area contributed by atoms with Crippen LogP contribution in [0.4, 0.5) is 11.4 Å². The number of pyridine rings is 1. The average Bonchev–Trinajstić information content (AvgIpc) is 2.92. The third-order valence-electron chi connectivity index (χ3n) is 5.64. The van der Waals surface area contributed by atoms with Crippen LogP contribution >= 0.6 is 11.6 Å². The lowest BCUT2D eigenvalue weighted by atomic mass is 10.1. The highest BCUT2D eigenvalue weighted by Crippen LogP contribution is 2.30. The summed E-state index contributed by atoms with van der Waals surface area (Å²) in [7, 11) is -4.14. The summed E-state index contributed by atoms with van der Waals surface area (Å²) in [4.78, 5) is 30.1. The van der Waals surface area contributed by atoms with Crippen molar-refractivity contribution in [3.8, 4) is 0 Å². The van der Waals surface area contributed by atoms with Crippen molar-refractivity contribution >= 4 is 44.8 Å². The Labute approximate surface area is 226 Å². The van der Waals surface area contributed by atoms with E-state index < -0.39 is 28.4 Å². The lowest BCUT2D eigenvalue weighted by molar-refractivity contribution is -0.114. The topological polar surface area (TPSA) is 108 Å². The number of para-hydroxylation sites is 2. The third-order valence-corrected chi connectivity index (χ3v) is 7.73. The van der Waals surface area contributed by atoms with E-state index in [0.717, 1.165) is 15.4 Å². The fourth-order valence-electron chi connectivity index (χ4n) is 3.68. The first-order chi connectivity index (χ1) is 18.3. The SMILES string of the molecule is Cc1ccc(S(=O)(=O)N(CC(=O)Nc2ccccc2C(=O)NCc2cccnc2)c2ccccc2Cl)cc1. The van der Waals surface area contributed by atoms with Crippen LogP contribution in [0.5, 0.6) is 0 Å². The van der Waals surface area contributed by atoms with Gasteiger partial charge in [0.15, 0.2) is 0 Å². The standard InChI is InChI=1S/C28H25ClN4O4S/c1-20-12-14-22(15-13-20)38(36,37)33(26-11-5-3-9-24(26)29)19-27(34)32-25-10-4-2-8-23(25)28(35)31-18-21-7-6-16-30-17-21/h2-17H,18-19H2,1H3,(H,31,35)(H,32,34). The van der Waals surface area contributed by atoms with E-state index >= 15 is 0 Å². The van der Waals surface area contributed by atoms with E-state index in [1.807, 2.05) is 13.0 Å². The number of hydrogen-bond donors (Lipinski definition) is 2. The van der Waals surface area contributed by atoms with Crippen molar-refractivity contribution in [3.05, 3.63) is 119 Å². The number of benzene rings is 3. The second-order valence-corrected chi connectivity index (χ2v) is 10.7. The summed E-state index contributed by atoms with van der Waals surface area (Å²) in [6.45, 7) is 1.54. The van der Waals surface area contributed by atoms with Gasteiger partial charge in [-0.2, -0.15) is 0 Å². The Morgan fingerprint density at radius 1 is 0.921 bits per heavy atom. The van der Waals surface area contributed by atoms with Crippen LogP contribution in [-0.4, -0.2) is 31.8 Å². The summed E-state index contributed by atoms with van der Waals surface area (Å²) >= 11 is 6.34. The van der Waals surface area contributed by atoms with Gasteiger partial charge in [0, 0.05) is 18.9 Å². The van der Waals surface area contributed by atoms with E-state index in [9.17, 15) is 18.0 Å². The number of anilines is 2. The van der Waals surface area contributed by atoms with Crippen molar-refractivity contribution in [2.24, 2.45) is 0 Å². The van der Waals surface area contributed by atoms with Gasteiger partial charge >= 0.3 is 0 Å². The molecule has 8 nitrogen and oxygen atoms in total. The van der Waals surface area contributed by atoms with Gasteiger partial charge in [-0.05, 0) is 55.0 Å². The maximum atomic E-state index is 13.6. The molecule has 1 heterocycles. The predicted molar refractivity (Wildman–Crippen MR) is 148 cm³/mol. The van der Waals surface area contributed by atoms with E-state index in [0.29, 0.717) is 0 Å². The molecule has 1 aromatic heterocycles. The zero-order chi connectivity index (χ0) is 27.1. The van der Waals surface area contributed by atoms with Gasteiger partial charge in [-0.1, -0.05) is 59.6 Å². The molecule has 3 aromatic carbocycles. The Morgan fingerprint density at radius 3 is 2.34 bits per heavy atom. The summed E-state index contributed by atoms with van der Waals surface area (Å²) in [5.41, 5.74) is 2.35. The number of sulfonamides is 1. The Bertz CT molecular complexity index is 1540. The largest absolute Gasteiger partial charge is 0.348 e. The molecule has 194 valence electrons. The zero-order valence-electron chi connectivity index (χ0n) is 20.5. The molecule has 0 radical (unpaired) electrons. The van der Waals surface area contributed by atoms with Crippen LogP contribution in [0.3, 0.4) is 0 Å². The molecular formula is C28H25ClN4O4S. The molecule has 4 aromatic rings. The number of carbonyl (C=O) groups excluding carboxylic acids is 2. The van der Waals surface area contributed by atoms with E-state index in [1.54, 1.807) is 73.1 Å². The molecule has 0 aliphatic heterocycles. The minimum Gasteiger partial charge on any atom is -0.348 e. The maximum absolute atomic E-state index is 13.6. The first-order valence-corrected chi connectivity index (χ1v) is 13.5. The molecule has 0 saturated carbocycles. The zero-order valence-corrected chi connectivity index (χ0v) is 22.0. The number of aryl methyl sites for hydroxylation is 1. The number of amides is 2. The van der Waals surface area contributed by atoms with Gasteiger partial charge in [0.25, 0.3) is 15.9 Å². The molecular weight excluding hydrogens is 524 g/mol. The monoisotopic (exact) mass is 548 g/mol. The Hall–Kier alpha value is -4.21. The van der Waals surface area contributed by atoms with Gasteiger partial charge in [0.05, 0.1) is 26.9 Å². The van der Waals surface area contributed by atoms with Crippen LogP contribution in [0.15, 0.2) is 102 Å². The number of hydrogen-bond acceptors (Lipinski definition) is 5. The van der Waals surface area contributed by atoms with Crippen LogP contribution < -0.4 is 14.9 Å². The molecule has 0 aliphatic carbocycles. The third kappa shape index (κ3) is 6.37. The van der Waals surface area contributed by atoms with E-state index in [4.69, 9.17) is 11.6 Å². The fourth-order valence-corrected chi connectivity index (χ4v) is 5.41. The lowest BCUT2D eigenvalue weighted by Crippen LogP contribution is -2.38. The highest BCUT2D eigenvalue weighted by molar-refractivity contribution is 7.92. The highest BCUT2D eigenvalue weighted by Gasteiger charge is 2.29. The van der Waals surface area contributed by atoms with Crippen molar-refractivity contribution in [3.63, 3.8) is 0 Å². The summed E-state index contributed by atoms with van der Waals surface area (Å²) in [6, 6.07) is 22.8. The van der Waals surface area contributed by atoms with Crippen LogP contribution in [0.25, 0.3) is 0 Å². The van der Waals surface area contributed by atoms with Gasteiger partial charge in [-0.25, -0.2) is 8.42 Å². The van der Waals surface area contributed by atoms with Gasteiger partial charge in [0.1, 0.15) is 6.54 Å². The molecule has 0 spiro atoms. The Balaban J connectivity index is 1.57. The van der Waals surface area contributed by atoms with Crippen molar-refractivity contribution in [1.82, 2.24) is 10.3 Å². The molecule has 2 amide bonds. The van der Waals surface area contributed by atoms with Gasteiger partial charge in [0.2, 0.25) is 5.91 Å². The van der Waals surface area contributed by atoms with Crippen molar-refractivity contribution in [2.75, 3.05) is 16.2 Å². The van der Waals surface area contributed by atoms with Crippen molar-refractivity contribution in [1.29, 1.82) is 0 Å². The molecule has 0 bridgehead atoms. The van der Waals surface area contributed by atoms with Crippen molar-refractivity contribution < 1.29 is 18.0 Å². The minimum atomic E-state index is -4.14. The number of aromatic nitrogens is 1. The molecule has 10 heteroatoms. The molecule has 0 atom stereocenters. The summed E-state index contributed by atoms with van der Waals surface area (Å²) in [5.74, 6) is -1.05. The van der Waals surface area contributed by atoms with Crippen LogP contribution in [-0.2, 0) is 21.4 Å². The first kappa shape index (κ1) is 26.8. The second kappa shape index (κ2) is 11.9. The quantitative estimate of drug-likeness (QED) is 0.312. The van der Waals surface area contributed by atoms with Gasteiger partial charge in [-0.3, -0.25) is 18.9 Å². The highest BCUT2D eigenvalue weighted by atomic mass is 35.5. The number of rotatable bonds is 9. The molecule has 0 saturated heterocycles. The molecule has 0 fully saturated rings. The maximum Gasteiger partial charge on any atom is 0.264 e. The normalized spacial score (nSPS) is 11.0. The number of halogens is 1. The van der Waals surface area contributed by atoms with Gasteiger partial charge < -0.3 is 10.6 Å². The van der Waals surface area contributed by atoms with Gasteiger partial charge in [-0.15, -0.1) is 0 Å². The van der Waals surface area contributed by atoms with E-state index in [-0.39, 0.29) is 33.4 Å². The van der Waals surface area contributed by atoms with E-state index in [2.05, 4.69) is 15.6 Å². The minimum absolute atomic E-state index is 0.0194.